The number of hydrogen-bond acceptors (Lipinski definition) is 7. The second-order valence-corrected chi connectivity index (χ2v) is 8.80. The van der Waals surface area contributed by atoms with E-state index >= 15 is 0 Å². The maximum absolute atomic E-state index is 6.37. The Morgan fingerprint density at radius 1 is 0.630 bits per heavy atom. The van der Waals surface area contributed by atoms with Crippen LogP contribution in [0.5, 0.6) is 0 Å². The second-order valence-electron chi connectivity index (χ2n) is 6.17. The Labute approximate surface area is 167 Å². The van der Waals surface area contributed by atoms with Gasteiger partial charge in [-0.1, -0.05) is 20.8 Å². The molecule has 0 aliphatic heterocycles. The second kappa shape index (κ2) is 14.0. The highest BCUT2D eigenvalue weighted by Gasteiger charge is 2.74. The van der Waals surface area contributed by atoms with Crippen molar-refractivity contribution in [1.82, 2.24) is 0 Å². The molecule has 27 heavy (non-hydrogen) atoms. The first-order chi connectivity index (χ1) is 12.9. The fourth-order valence-corrected chi connectivity index (χ4v) is 6.06. The summed E-state index contributed by atoms with van der Waals surface area (Å²) in [7, 11) is -1.97. The molecule has 164 valence electrons. The maximum atomic E-state index is 6.37. The van der Waals surface area contributed by atoms with E-state index in [-0.39, 0.29) is 0 Å². The van der Waals surface area contributed by atoms with Gasteiger partial charge in [0.2, 0.25) is 5.79 Å². The quantitative estimate of drug-likeness (QED) is 0.251. The topological polar surface area (TPSA) is 64.6 Å². The first kappa shape index (κ1) is 26.9. The molecular weight excluding hydrogens is 368 g/mol. The lowest BCUT2D eigenvalue weighted by Crippen LogP contribution is -2.77. The molecular formula is C19H42O7Si. The Morgan fingerprint density at radius 3 is 1.30 bits per heavy atom. The van der Waals surface area contributed by atoms with Gasteiger partial charge in [0.15, 0.2) is 0 Å². The van der Waals surface area contributed by atoms with Gasteiger partial charge in [0.25, 0.3) is 5.41 Å². The van der Waals surface area contributed by atoms with Crippen LogP contribution < -0.4 is 0 Å². The van der Waals surface area contributed by atoms with Crippen LogP contribution in [-0.2, 0) is 32.2 Å². The first-order valence-electron chi connectivity index (χ1n) is 10.3. The first-order valence-corrected chi connectivity index (χ1v) is 12.0. The molecule has 8 heteroatoms. The molecule has 0 aliphatic rings. The van der Waals surface area contributed by atoms with E-state index in [2.05, 4.69) is 0 Å². The minimum absolute atomic E-state index is 0.395. The van der Waals surface area contributed by atoms with Gasteiger partial charge in [-0.25, -0.2) is 0 Å². The van der Waals surface area contributed by atoms with Crippen LogP contribution in [0.2, 0.25) is 0 Å². The summed E-state index contributed by atoms with van der Waals surface area (Å²) in [5.41, 5.74) is -1.45. The smallest absolute Gasteiger partial charge is 0.371 e. The predicted octanol–water partition coefficient (Wildman–Crippen LogP) is 3.91. The molecule has 0 spiro atoms. The largest absolute Gasteiger partial charge is 0.569 e. The molecule has 0 radical (unpaired) electrons. The van der Waals surface area contributed by atoms with Crippen molar-refractivity contribution in [3.05, 3.63) is 0 Å². The third-order valence-corrected chi connectivity index (χ3v) is 7.55. The van der Waals surface area contributed by atoms with E-state index in [4.69, 9.17) is 32.2 Å². The normalized spacial score (nSPS) is 15.1. The van der Waals surface area contributed by atoms with E-state index in [9.17, 15) is 0 Å². The van der Waals surface area contributed by atoms with Gasteiger partial charge in [-0.05, 0) is 47.0 Å². The van der Waals surface area contributed by atoms with Crippen LogP contribution in [0.3, 0.4) is 0 Å². The van der Waals surface area contributed by atoms with Crippen LogP contribution >= 0.6 is 0 Å². The molecule has 0 rings (SSSR count). The molecule has 0 aromatic rings. The summed E-state index contributed by atoms with van der Waals surface area (Å²) in [6, 6.07) is 0. The van der Waals surface area contributed by atoms with Crippen LogP contribution in [0, 0.1) is 0 Å². The van der Waals surface area contributed by atoms with E-state index in [1.807, 2.05) is 48.5 Å². The monoisotopic (exact) mass is 410 g/mol. The molecule has 7 nitrogen and oxygen atoms in total. The van der Waals surface area contributed by atoms with Crippen molar-refractivity contribution in [3.8, 4) is 0 Å². The van der Waals surface area contributed by atoms with Crippen molar-refractivity contribution < 1.29 is 32.2 Å². The van der Waals surface area contributed by atoms with Gasteiger partial charge >= 0.3 is 8.80 Å². The van der Waals surface area contributed by atoms with Crippen molar-refractivity contribution in [2.75, 3.05) is 46.8 Å². The van der Waals surface area contributed by atoms with Crippen LogP contribution in [0.4, 0.5) is 0 Å². The summed E-state index contributed by atoms with van der Waals surface area (Å²) >= 11 is 0. The van der Waals surface area contributed by atoms with Gasteiger partial charge in [-0.2, -0.15) is 0 Å². The minimum Gasteiger partial charge on any atom is -0.371 e. The summed E-state index contributed by atoms with van der Waals surface area (Å²) < 4.78 is 43.3. The Kier molecular flexibility index (Phi) is 14.0. The van der Waals surface area contributed by atoms with Gasteiger partial charge in [-0.3, -0.25) is 0 Å². The summed E-state index contributed by atoms with van der Waals surface area (Å²) in [5.74, 6) is -1.26. The predicted molar refractivity (Wildman–Crippen MR) is 108 cm³/mol. The lowest BCUT2D eigenvalue weighted by atomic mass is 10.3. The molecule has 1 unspecified atom stereocenters. The third-order valence-electron chi connectivity index (χ3n) is 3.99. The average Bonchev–Trinajstić information content (AvgIpc) is 2.67. The van der Waals surface area contributed by atoms with Crippen molar-refractivity contribution in [2.24, 2.45) is 0 Å². The van der Waals surface area contributed by atoms with Crippen LogP contribution in [-0.4, -0.2) is 66.8 Å². The number of methoxy groups -OCH3 is 1. The molecule has 0 fully saturated rings. The average molecular weight is 411 g/mol. The summed E-state index contributed by atoms with van der Waals surface area (Å²) in [5, 5.41) is 0. The fourth-order valence-electron chi connectivity index (χ4n) is 2.82. The number of ether oxygens (including phenoxy) is 4. The molecule has 1 atom stereocenters. The molecule has 0 aliphatic carbocycles. The van der Waals surface area contributed by atoms with E-state index in [0.29, 0.717) is 39.6 Å². The van der Waals surface area contributed by atoms with E-state index in [0.717, 1.165) is 19.3 Å². The van der Waals surface area contributed by atoms with Gasteiger partial charge in [-0.15, -0.1) is 0 Å². The summed E-state index contributed by atoms with van der Waals surface area (Å²) in [6.07, 6.45) is 2.41. The zero-order valence-electron chi connectivity index (χ0n) is 18.7. The summed E-state index contributed by atoms with van der Waals surface area (Å²) in [6.45, 7) is 16.2. The van der Waals surface area contributed by atoms with Gasteiger partial charge in [0.1, 0.15) is 0 Å². The van der Waals surface area contributed by atoms with Gasteiger partial charge < -0.3 is 32.2 Å². The Bertz CT molecular complexity index is 345. The van der Waals surface area contributed by atoms with Crippen LogP contribution in [0.25, 0.3) is 0 Å². The Hall–Kier alpha value is -0.0631. The molecule has 0 bridgehead atoms. The molecule has 0 amide bonds. The molecule has 0 heterocycles. The fraction of sp³-hybridized carbons (Fsp3) is 1.00. The maximum Gasteiger partial charge on any atom is 0.569 e. The van der Waals surface area contributed by atoms with Gasteiger partial charge in [0.05, 0.1) is 0 Å². The number of rotatable bonds is 18. The molecule has 0 saturated carbocycles. The zero-order valence-corrected chi connectivity index (χ0v) is 19.7. The van der Waals surface area contributed by atoms with Crippen molar-refractivity contribution in [1.29, 1.82) is 0 Å². The van der Waals surface area contributed by atoms with Crippen molar-refractivity contribution in [3.63, 3.8) is 0 Å². The van der Waals surface area contributed by atoms with Crippen LogP contribution in [0.1, 0.15) is 67.7 Å². The SMILES string of the molecule is CCCOC(C)(OC)C(OCCC)(OCCC)[Si](OCC)(OCC)OCC. The number of hydrogen-bond donors (Lipinski definition) is 0. The Balaban J connectivity index is 6.55. The molecule has 0 aromatic heterocycles. The highest BCUT2D eigenvalue weighted by atomic mass is 28.4. The lowest BCUT2D eigenvalue weighted by Gasteiger charge is -2.51. The van der Waals surface area contributed by atoms with E-state index in [1.165, 1.54) is 0 Å². The minimum atomic E-state index is -3.55. The summed E-state index contributed by atoms with van der Waals surface area (Å²) in [4.78, 5) is 0. The molecule has 0 aromatic carbocycles. The highest BCUT2D eigenvalue weighted by molar-refractivity contribution is 6.64. The third kappa shape index (κ3) is 6.47. The van der Waals surface area contributed by atoms with Crippen molar-refractivity contribution in [2.45, 2.75) is 78.9 Å². The van der Waals surface area contributed by atoms with Gasteiger partial charge in [0, 0.05) is 46.8 Å². The van der Waals surface area contributed by atoms with E-state index in [1.54, 1.807) is 7.11 Å². The molecule has 0 N–H and O–H groups in total. The standard InChI is InChI=1S/C19H42O7Si/c1-9-15-21-18(7,20-8)19(22-16-10-2,23-17-11-3)27(24-12-4,25-13-5)26-14-6/h9-17H2,1-8H3. The van der Waals surface area contributed by atoms with Crippen LogP contribution in [0.15, 0.2) is 0 Å². The highest BCUT2D eigenvalue weighted by Crippen LogP contribution is 2.42. The van der Waals surface area contributed by atoms with Crippen molar-refractivity contribution >= 4 is 8.80 Å². The lowest BCUT2D eigenvalue weighted by molar-refractivity contribution is -0.382. The van der Waals surface area contributed by atoms with E-state index < -0.39 is 20.0 Å². The Morgan fingerprint density at radius 2 is 1.00 bits per heavy atom. The molecule has 0 saturated heterocycles. The zero-order chi connectivity index (χ0) is 20.8.